The van der Waals surface area contributed by atoms with E-state index in [4.69, 9.17) is 10.5 Å². The van der Waals surface area contributed by atoms with E-state index in [1.807, 2.05) is 10.3 Å². The van der Waals surface area contributed by atoms with Gasteiger partial charge in [0.25, 0.3) is 0 Å². The smallest absolute Gasteiger partial charge is 0.222 e. The van der Waals surface area contributed by atoms with Gasteiger partial charge in [0.1, 0.15) is 0 Å². The molecular weight excluding hydrogens is 352 g/mol. The molecule has 1 unspecified atom stereocenters. The van der Waals surface area contributed by atoms with Crippen LogP contribution >= 0.6 is 11.3 Å². The fourth-order valence-electron chi connectivity index (χ4n) is 3.83. The number of aromatic nitrogens is 1. The standard InChI is InChI=1S/C18H30N4O3S/c1-17(2)12-22(15(23)4-3-14-11-26-16(19)20-14)6-5-18(17,24)13-21-7-9-25-10-8-21/h11,24H,3-10,12-13H2,1-2H3,(H2,19,20). The van der Waals surface area contributed by atoms with Gasteiger partial charge in [0.2, 0.25) is 5.91 Å². The summed E-state index contributed by atoms with van der Waals surface area (Å²) >= 11 is 1.40. The third-order valence-electron chi connectivity index (χ3n) is 5.75. The molecule has 1 amide bonds. The first-order valence-electron chi connectivity index (χ1n) is 9.29. The summed E-state index contributed by atoms with van der Waals surface area (Å²) in [6.07, 6.45) is 1.65. The normalized spacial score (nSPS) is 26.8. The van der Waals surface area contributed by atoms with Gasteiger partial charge in [-0.3, -0.25) is 9.69 Å². The molecule has 2 fully saturated rings. The molecule has 3 rings (SSSR count). The summed E-state index contributed by atoms with van der Waals surface area (Å²) in [6.45, 7) is 9.11. The lowest BCUT2D eigenvalue weighted by atomic mass is 9.69. The van der Waals surface area contributed by atoms with E-state index < -0.39 is 5.60 Å². The van der Waals surface area contributed by atoms with Crippen LogP contribution in [0.25, 0.3) is 0 Å². The zero-order valence-electron chi connectivity index (χ0n) is 15.7. The zero-order chi connectivity index (χ0) is 18.8. The fourth-order valence-corrected chi connectivity index (χ4v) is 4.42. The minimum Gasteiger partial charge on any atom is -0.388 e. The Morgan fingerprint density at radius 3 is 2.73 bits per heavy atom. The van der Waals surface area contributed by atoms with Crippen LogP contribution in [0.3, 0.4) is 0 Å². The van der Waals surface area contributed by atoms with Gasteiger partial charge in [-0.15, -0.1) is 11.3 Å². The van der Waals surface area contributed by atoms with Gasteiger partial charge in [-0.25, -0.2) is 4.98 Å². The molecular formula is C18H30N4O3S. The summed E-state index contributed by atoms with van der Waals surface area (Å²) in [5, 5.41) is 13.8. The minimum absolute atomic E-state index is 0.123. The molecule has 0 spiro atoms. The van der Waals surface area contributed by atoms with Crippen LogP contribution in [0.15, 0.2) is 5.38 Å². The number of carbonyl (C=O) groups is 1. The first-order valence-corrected chi connectivity index (χ1v) is 10.2. The molecule has 1 aromatic rings. The van der Waals surface area contributed by atoms with Crippen molar-refractivity contribution in [2.75, 3.05) is 51.7 Å². The largest absolute Gasteiger partial charge is 0.388 e. The summed E-state index contributed by atoms with van der Waals surface area (Å²) in [5.41, 5.74) is 5.37. The third kappa shape index (κ3) is 4.36. The van der Waals surface area contributed by atoms with Gasteiger partial charge in [0.05, 0.1) is 24.5 Å². The summed E-state index contributed by atoms with van der Waals surface area (Å²) in [5.74, 6) is 0.123. The Morgan fingerprint density at radius 2 is 2.12 bits per heavy atom. The Hall–Kier alpha value is -1.22. The van der Waals surface area contributed by atoms with E-state index in [1.54, 1.807) is 0 Å². The molecule has 7 nitrogen and oxygen atoms in total. The number of hydrogen-bond donors (Lipinski definition) is 2. The lowest BCUT2D eigenvalue weighted by Crippen LogP contribution is -2.63. The van der Waals surface area contributed by atoms with Gasteiger partial charge < -0.3 is 20.5 Å². The molecule has 0 radical (unpaired) electrons. The van der Waals surface area contributed by atoms with E-state index in [2.05, 4.69) is 23.7 Å². The fraction of sp³-hybridized carbons (Fsp3) is 0.778. The Balaban J connectivity index is 1.55. The molecule has 2 aliphatic heterocycles. The van der Waals surface area contributed by atoms with Gasteiger partial charge in [-0.1, -0.05) is 13.8 Å². The number of nitrogens with two attached hydrogens (primary N) is 1. The number of nitrogen functional groups attached to an aromatic ring is 1. The van der Waals surface area contributed by atoms with Crippen LogP contribution in [-0.2, 0) is 16.0 Å². The monoisotopic (exact) mass is 382 g/mol. The van der Waals surface area contributed by atoms with Crippen LogP contribution in [-0.4, -0.2) is 77.3 Å². The number of morpholine rings is 1. The first-order chi connectivity index (χ1) is 12.3. The summed E-state index contributed by atoms with van der Waals surface area (Å²) in [6, 6.07) is 0. The second-order valence-corrected chi connectivity index (χ2v) is 8.94. The Kier molecular flexibility index (Phi) is 5.86. The van der Waals surface area contributed by atoms with Crippen LogP contribution in [0, 0.1) is 5.41 Å². The van der Waals surface area contributed by atoms with E-state index in [0.29, 0.717) is 44.0 Å². The molecule has 0 bridgehead atoms. The Bertz CT molecular complexity index is 630. The number of likely N-dealkylation sites (tertiary alicyclic amines) is 1. The number of ether oxygens (including phenoxy) is 1. The van der Waals surface area contributed by atoms with E-state index in [0.717, 1.165) is 32.0 Å². The van der Waals surface area contributed by atoms with E-state index in [9.17, 15) is 9.90 Å². The van der Waals surface area contributed by atoms with Crippen molar-refractivity contribution in [2.24, 2.45) is 5.41 Å². The second kappa shape index (κ2) is 7.80. The van der Waals surface area contributed by atoms with Crippen molar-refractivity contribution in [3.8, 4) is 0 Å². The second-order valence-electron chi connectivity index (χ2n) is 8.05. The molecule has 2 saturated heterocycles. The van der Waals surface area contributed by atoms with Crippen LogP contribution in [0.1, 0.15) is 32.4 Å². The number of thiazole rings is 1. The zero-order valence-corrected chi connectivity index (χ0v) is 16.6. The minimum atomic E-state index is -0.787. The van der Waals surface area contributed by atoms with Crippen LogP contribution in [0.5, 0.6) is 0 Å². The molecule has 0 aromatic carbocycles. The molecule has 1 atom stereocenters. The highest BCUT2D eigenvalue weighted by molar-refractivity contribution is 7.13. The Labute approximate surface area is 159 Å². The van der Waals surface area contributed by atoms with Crippen molar-refractivity contribution in [3.05, 3.63) is 11.1 Å². The average Bonchev–Trinajstić information content (AvgIpc) is 3.01. The van der Waals surface area contributed by atoms with Crippen molar-refractivity contribution >= 4 is 22.4 Å². The van der Waals surface area contributed by atoms with Gasteiger partial charge in [0, 0.05) is 49.9 Å². The van der Waals surface area contributed by atoms with Crippen molar-refractivity contribution in [1.82, 2.24) is 14.8 Å². The number of nitrogens with zero attached hydrogens (tertiary/aromatic N) is 3. The highest BCUT2D eigenvalue weighted by Gasteiger charge is 2.49. The van der Waals surface area contributed by atoms with Crippen LogP contribution < -0.4 is 5.73 Å². The number of carbonyl (C=O) groups excluding carboxylic acids is 1. The first kappa shape index (κ1) is 19.5. The lowest BCUT2D eigenvalue weighted by molar-refractivity contribution is -0.157. The van der Waals surface area contributed by atoms with Gasteiger partial charge in [-0.05, 0) is 12.8 Å². The number of aryl methyl sites for hydroxylation is 1. The number of β-amino-alcohol motifs (C(OH)–C–C–N with tert-alkyl or cyclic N) is 1. The van der Waals surface area contributed by atoms with E-state index in [1.165, 1.54) is 11.3 Å². The van der Waals surface area contributed by atoms with Crippen molar-refractivity contribution in [2.45, 2.75) is 38.7 Å². The molecule has 1 aromatic heterocycles. The predicted octanol–water partition coefficient (Wildman–Crippen LogP) is 0.980. The average molecular weight is 383 g/mol. The molecule has 3 N–H and O–H groups in total. The molecule has 3 heterocycles. The maximum absolute atomic E-state index is 12.6. The molecule has 8 heteroatoms. The lowest BCUT2D eigenvalue weighted by Gasteiger charge is -2.52. The Morgan fingerprint density at radius 1 is 1.38 bits per heavy atom. The SMILES string of the molecule is CC1(C)CN(C(=O)CCc2csc(N)n2)CCC1(O)CN1CCOCC1. The predicted molar refractivity (Wildman–Crippen MR) is 102 cm³/mol. The number of aliphatic hydroxyl groups is 1. The highest BCUT2D eigenvalue weighted by Crippen LogP contribution is 2.39. The topological polar surface area (TPSA) is 91.9 Å². The maximum Gasteiger partial charge on any atom is 0.222 e. The van der Waals surface area contributed by atoms with Crippen molar-refractivity contribution in [3.63, 3.8) is 0 Å². The number of amides is 1. The van der Waals surface area contributed by atoms with E-state index >= 15 is 0 Å². The molecule has 0 saturated carbocycles. The van der Waals surface area contributed by atoms with Crippen LogP contribution in [0.2, 0.25) is 0 Å². The quantitative estimate of drug-likeness (QED) is 0.789. The molecule has 26 heavy (non-hydrogen) atoms. The number of hydrogen-bond acceptors (Lipinski definition) is 7. The molecule has 0 aliphatic carbocycles. The summed E-state index contributed by atoms with van der Waals surface area (Å²) in [7, 11) is 0. The van der Waals surface area contributed by atoms with Gasteiger partial charge in [0.15, 0.2) is 5.13 Å². The van der Waals surface area contributed by atoms with Crippen molar-refractivity contribution < 1.29 is 14.6 Å². The molecule has 146 valence electrons. The number of rotatable bonds is 5. The van der Waals surface area contributed by atoms with Crippen molar-refractivity contribution in [1.29, 1.82) is 0 Å². The van der Waals surface area contributed by atoms with Gasteiger partial charge in [-0.2, -0.15) is 0 Å². The highest BCUT2D eigenvalue weighted by atomic mass is 32.1. The number of anilines is 1. The maximum atomic E-state index is 12.6. The van der Waals surface area contributed by atoms with E-state index in [-0.39, 0.29) is 11.3 Å². The summed E-state index contributed by atoms with van der Waals surface area (Å²) in [4.78, 5) is 21.0. The number of piperidine rings is 1. The van der Waals surface area contributed by atoms with Gasteiger partial charge >= 0.3 is 0 Å². The third-order valence-corrected chi connectivity index (χ3v) is 6.47. The summed E-state index contributed by atoms with van der Waals surface area (Å²) < 4.78 is 5.40. The van der Waals surface area contributed by atoms with Crippen LogP contribution in [0.4, 0.5) is 5.13 Å². The molecule has 2 aliphatic rings.